The highest BCUT2D eigenvalue weighted by atomic mass is 79.9. The molecule has 2 rings (SSSR count). The standard InChI is InChI=1S/C11H14BrNOS/c1-8-4-5-13-11(10(8)12)15-7-9-3-2-6-14-9/h4-5,9H,2-3,6-7H2,1H3. The third-order valence-electron chi connectivity index (χ3n) is 2.48. The summed E-state index contributed by atoms with van der Waals surface area (Å²) in [6.45, 7) is 3.01. The van der Waals surface area contributed by atoms with Crippen LogP contribution in [-0.4, -0.2) is 23.4 Å². The summed E-state index contributed by atoms with van der Waals surface area (Å²) in [5.41, 5.74) is 1.24. The molecule has 82 valence electrons. The third-order valence-corrected chi connectivity index (χ3v) is 4.87. The first-order valence-electron chi connectivity index (χ1n) is 5.13. The van der Waals surface area contributed by atoms with E-state index in [-0.39, 0.29) is 0 Å². The van der Waals surface area contributed by atoms with Crippen molar-refractivity contribution in [3.63, 3.8) is 0 Å². The molecule has 2 nitrogen and oxygen atoms in total. The fourth-order valence-corrected chi connectivity index (χ4v) is 3.17. The number of aromatic nitrogens is 1. The van der Waals surface area contributed by atoms with Crippen molar-refractivity contribution in [3.05, 3.63) is 22.3 Å². The van der Waals surface area contributed by atoms with Gasteiger partial charge in [0.2, 0.25) is 0 Å². The van der Waals surface area contributed by atoms with Crippen molar-refractivity contribution >= 4 is 27.7 Å². The highest BCUT2D eigenvalue weighted by Gasteiger charge is 2.16. The minimum Gasteiger partial charge on any atom is -0.377 e. The van der Waals surface area contributed by atoms with Gasteiger partial charge in [0.15, 0.2) is 0 Å². The van der Waals surface area contributed by atoms with Gasteiger partial charge in [-0.3, -0.25) is 0 Å². The molecule has 1 aromatic heterocycles. The maximum absolute atomic E-state index is 5.58. The molecule has 0 N–H and O–H groups in total. The van der Waals surface area contributed by atoms with Crippen LogP contribution in [0.15, 0.2) is 21.8 Å². The smallest absolute Gasteiger partial charge is 0.111 e. The SMILES string of the molecule is Cc1ccnc(SCC2CCCO2)c1Br. The largest absolute Gasteiger partial charge is 0.377 e. The molecule has 1 fully saturated rings. The van der Waals surface area contributed by atoms with E-state index in [9.17, 15) is 0 Å². The molecule has 0 saturated carbocycles. The molecule has 2 heterocycles. The van der Waals surface area contributed by atoms with Gasteiger partial charge in [0.05, 0.1) is 10.6 Å². The Morgan fingerprint density at radius 3 is 3.27 bits per heavy atom. The predicted molar refractivity (Wildman–Crippen MR) is 66.4 cm³/mol. The van der Waals surface area contributed by atoms with Gasteiger partial charge in [0, 0.05) is 18.6 Å². The summed E-state index contributed by atoms with van der Waals surface area (Å²) < 4.78 is 6.70. The molecule has 0 spiro atoms. The van der Waals surface area contributed by atoms with Crippen LogP contribution in [0.25, 0.3) is 0 Å². The van der Waals surface area contributed by atoms with Gasteiger partial charge in [-0.25, -0.2) is 4.98 Å². The fraction of sp³-hybridized carbons (Fsp3) is 0.545. The van der Waals surface area contributed by atoms with Crippen LogP contribution < -0.4 is 0 Å². The minimum atomic E-state index is 0.421. The van der Waals surface area contributed by atoms with Gasteiger partial charge in [0.25, 0.3) is 0 Å². The Labute approximate surface area is 103 Å². The summed E-state index contributed by atoms with van der Waals surface area (Å²) in [4.78, 5) is 4.36. The zero-order valence-electron chi connectivity index (χ0n) is 8.70. The lowest BCUT2D eigenvalue weighted by molar-refractivity contribution is 0.129. The van der Waals surface area contributed by atoms with E-state index in [1.807, 2.05) is 12.3 Å². The number of nitrogens with zero attached hydrogens (tertiary/aromatic N) is 1. The van der Waals surface area contributed by atoms with Gasteiger partial charge in [-0.05, 0) is 47.3 Å². The first-order chi connectivity index (χ1) is 7.27. The Morgan fingerprint density at radius 2 is 2.53 bits per heavy atom. The molecule has 1 saturated heterocycles. The highest BCUT2D eigenvalue weighted by Crippen LogP contribution is 2.29. The fourth-order valence-electron chi connectivity index (χ4n) is 1.56. The third kappa shape index (κ3) is 2.95. The van der Waals surface area contributed by atoms with Crippen molar-refractivity contribution in [2.24, 2.45) is 0 Å². The predicted octanol–water partition coefficient (Wildman–Crippen LogP) is 3.42. The van der Waals surface area contributed by atoms with Gasteiger partial charge in [-0.15, -0.1) is 11.8 Å². The summed E-state index contributed by atoms with van der Waals surface area (Å²) in [6.07, 6.45) is 4.67. The Morgan fingerprint density at radius 1 is 1.67 bits per heavy atom. The lowest BCUT2D eigenvalue weighted by Gasteiger charge is -2.09. The Balaban J connectivity index is 1.95. The quantitative estimate of drug-likeness (QED) is 0.796. The molecule has 1 atom stereocenters. The van der Waals surface area contributed by atoms with E-state index in [4.69, 9.17) is 4.74 Å². The van der Waals surface area contributed by atoms with Crippen LogP contribution in [0.2, 0.25) is 0 Å². The van der Waals surface area contributed by atoms with Crippen molar-refractivity contribution in [1.29, 1.82) is 0 Å². The average molecular weight is 288 g/mol. The topological polar surface area (TPSA) is 22.1 Å². The van der Waals surface area contributed by atoms with Crippen LogP contribution in [0.1, 0.15) is 18.4 Å². The van der Waals surface area contributed by atoms with E-state index < -0.39 is 0 Å². The molecular weight excluding hydrogens is 274 g/mol. The number of pyridine rings is 1. The molecular formula is C11H14BrNOS. The Bertz CT molecular complexity index is 339. The summed E-state index contributed by atoms with van der Waals surface area (Å²) in [5, 5.41) is 1.07. The maximum Gasteiger partial charge on any atom is 0.111 e. The molecule has 4 heteroatoms. The number of thioether (sulfide) groups is 1. The minimum absolute atomic E-state index is 0.421. The van der Waals surface area contributed by atoms with E-state index in [1.165, 1.54) is 18.4 Å². The number of hydrogen-bond donors (Lipinski definition) is 0. The van der Waals surface area contributed by atoms with Gasteiger partial charge in [0.1, 0.15) is 5.03 Å². The molecule has 1 aliphatic rings. The second kappa shape index (κ2) is 5.32. The van der Waals surface area contributed by atoms with Gasteiger partial charge in [-0.1, -0.05) is 0 Å². The average Bonchev–Trinajstić information content (AvgIpc) is 2.73. The van der Waals surface area contributed by atoms with Crippen molar-refractivity contribution in [3.8, 4) is 0 Å². The summed E-state index contributed by atoms with van der Waals surface area (Å²) in [7, 11) is 0. The van der Waals surface area contributed by atoms with Crippen molar-refractivity contribution in [2.45, 2.75) is 30.9 Å². The summed E-state index contributed by atoms with van der Waals surface area (Å²) >= 11 is 5.34. The lowest BCUT2D eigenvalue weighted by atomic mass is 10.3. The summed E-state index contributed by atoms with van der Waals surface area (Å²) in [5.74, 6) is 1.01. The zero-order chi connectivity index (χ0) is 10.7. The lowest BCUT2D eigenvalue weighted by Crippen LogP contribution is -2.08. The zero-order valence-corrected chi connectivity index (χ0v) is 11.1. The monoisotopic (exact) mass is 287 g/mol. The molecule has 0 bridgehead atoms. The number of aryl methyl sites for hydroxylation is 1. The Kier molecular flexibility index (Phi) is 4.05. The van der Waals surface area contributed by atoms with E-state index in [0.29, 0.717) is 6.10 Å². The van der Waals surface area contributed by atoms with Crippen molar-refractivity contribution < 1.29 is 4.74 Å². The number of halogens is 1. The summed E-state index contributed by atoms with van der Waals surface area (Å²) in [6, 6.07) is 2.01. The van der Waals surface area contributed by atoms with E-state index >= 15 is 0 Å². The highest BCUT2D eigenvalue weighted by molar-refractivity contribution is 9.10. The number of hydrogen-bond acceptors (Lipinski definition) is 3. The van der Waals surface area contributed by atoms with Gasteiger partial charge in [-0.2, -0.15) is 0 Å². The normalized spacial score (nSPS) is 20.8. The number of ether oxygens (including phenoxy) is 1. The molecule has 15 heavy (non-hydrogen) atoms. The van der Waals surface area contributed by atoms with Crippen LogP contribution in [0.3, 0.4) is 0 Å². The molecule has 1 aliphatic heterocycles. The van der Waals surface area contributed by atoms with E-state index in [2.05, 4.69) is 27.8 Å². The molecule has 0 aliphatic carbocycles. The van der Waals surface area contributed by atoms with Crippen LogP contribution in [0.5, 0.6) is 0 Å². The first kappa shape index (κ1) is 11.4. The van der Waals surface area contributed by atoms with Crippen molar-refractivity contribution in [2.75, 3.05) is 12.4 Å². The molecule has 1 unspecified atom stereocenters. The molecule has 0 radical (unpaired) electrons. The molecule has 1 aromatic rings. The van der Waals surface area contributed by atoms with Crippen LogP contribution in [0.4, 0.5) is 0 Å². The molecule has 0 aromatic carbocycles. The first-order valence-corrected chi connectivity index (χ1v) is 6.91. The van der Waals surface area contributed by atoms with Crippen LogP contribution in [0, 0.1) is 6.92 Å². The second-order valence-corrected chi connectivity index (χ2v) is 5.49. The van der Waals surface area contributed by atoms with Crippen LogP contribution in [-0.2, 0) is 4.74 Å². The second-order valence-electron chi connectivity index (χ2n) is 3.69. The number of rotatable bonds is 3. The van der Waals surface area contributed by atoms with Gasteiger partial charge < -0.3 is 4.74 Å². The molecule has 0 amide bonds. The Hall–Kier alpha value is -0.0600. The van der Waals surface area contributed by atoms with Gasteiger partial charge >= 0.3 is 0 Å². The van der Waals surface area contributed by atoms with Crippen LogP contribution >= 0.6 is 27.7 Å². The van der Waals surface area contributed by atoms with E-state index in [1.54, 1.807) is 11.8 Å². The van der Waals surface area contributed by atoms with Crippen molar-refractivity contribution in [1.82, 2.24) is 4.98 Å². The van der Waals surface area contributed by atoms with E-state index in [0.717, 1.165) is 21.9 Å². The maximum atomic E-state index is 5.58.